The summed E-state index contributed by atoms with van der Waals surface area (Å²) in [5.41, 5.74) is 0.964. The number of amides is 1. The van der Waals surface area contributed by atoms with Crippen molar-refractivity contribution in [2.45, 2.75) is 6.04 Å². The van der Waals surface area contributed by atoms with E-state index in [1.165, 1.54) is 5.06 Å². The lowest BCUT2D eigenvalue weighted by Crippen LogP contribution is -2.45. The van der Waals surface area contributed by atoms with Crippen molar-refractivity contribution in [1.82, 2.24) is 19.7 Å². The highest BCUT2D eigenvalue weighted by molar-refractivity contribution is 5.53. The number of rotatable bonds is 7. The van der Waals surface area contributed by atoms with E-state index in [4.69, 9.17) is 9.57 Å². The molecule has 1 aliphatic heterocycles. The Kier molecular flexibility index (Phi) is 5.13. The van der Waals surface area contributed by atoms with E-state index < -0.39 is 0 Å². The Labute approximate surface area is 124 Å². The van der Waals surface area contributed by atoms with Crippen molar-refractivity contribution in [2.24, 2.45) is 0 Å². The lowest BCUT2D eigenvalue weighted by atomic mass is 10.1. The van der Waals surface area contributed by atoms with Crippen LogP contribution >= 0.6 is 0 Å². The maximum atomic E-state index is 11.2. The summed E-state index contributed by atoms with van der Waals surface area (Å²) in [6, 6.07) is -0.175. The number of hydrogen-bond acceptors (Lipinski definition) is 5. The van der Waals surface area contributed by atoms with Gasteiger partial charge < -0.3 is 4.74 Å². The van der Waals surface area contributed by atoms with Crippen LogP contribution in [0.3, 0.4) is 0 Å². The SMILES string of the molecule is C=CCON(C=O)C1C=C(n2cc(OC)cn2)CN(C)C1. The molecule has 0 radical (unpaired) electrons. The number of aromatic nitrogens is 2. The molecule has 114 valence electrons. The third-order valence-electron chi connectivity index (χ3n) is 3.18. The molecule has 2 rings (SSSR count). The number of hydrogen-bond donors (Lipinski definition) is 0. The van der Waals surface area contributed by atoms with Crippen molar-refractivity contribution in [3.8, 4) is 5.75 Å². The Morgan fingerprint density at radius 1 is 1.62 bits per heavy atom. The molecule has 1 atom stereocenters. The van der Waals surface area contributed by atoms with Crippen LogP contribution in [0.15, 0.2) is 31.1 Å². The number of hydroxylamine groups is 2. The van der Waals surface area contributed by atoms with E-state index in [1.807, 2.05) is 13.1 Å². The van der Waals surface area contributed by atoms with E-state index in [1.54, 1.807) is 30.3 Å². The first-order valence-electron chi connectivity index (χ1n) is 6.63. The van der Waals surface area contributed by atoms with E-state index in [0.29, 0.717) is 18.7 Å². The van der Waals surface area contributed by atoms with Crippen LogP contribution in [-0.4, -0.2) is 66.0 Å². The van der Waals surface area contributed by atoms with Crippen molar-refractivity contribution in [3.05, 3.63) is 31.1 Å². The van der Waals surface area contributed by atoms with E-state index >= 15 is 0 Å². The van der Waals surface area contributed by atoms with Crippen LogP contribution in [0.25, 0.3) is 5.70 Å². The van der Waals surface area contributed by atoms with Gasteiger partial charge in [0.05, 0.1) is 37.8 Å². The normalized spacial score (nSPS) is 19.0. The number of nitrogens with zero attached hydrogens (tertiary/aromatic N) is 4. The smallest absolute Gasteiger partial charge is 0.233 e. The first kappa shape index (κ1) is 15.3. The number of methoxy groups -OCH3 is 1. The van der Waals surface area contributed by atoms with Crippen LogP contribution in [0.4, 0.5) is 0 Å². The average Bonchev–Trinajstić information content (AvgIpc) is 2.96. The molecule has 0 aromatic carbocycles. The number of carbonyl (C=O) groups excluding carboxylic acids is 1. The Morgan fingerprint density at radius 3 is 3.05 bits per heavy atom. The molecule has 1 aromatic rings. The summed E-state index contributed by atoms with van der Waals surface area (Å²) in [7, 11) is 3.58. The summed E-state index contributed by atoms with van der Waals surface area (Å²) < 4.78 is 6.88. The number of carbonyl (C=O) groups is 1. The predicted octanol–water partition coefficient (Wildman–Crippen LogP) is 0.623. The van der Waals surface area contributed by atoms with Crippen molar-refractivity contribution in [2.75, 3.05) is 33.9 Å². The monoisotopic (exact) mass is 292 g/mol. The summed E-state index contributed by atoms with van der Waals surface area (Å²) in [6.07, 6.45) is 7.72. The first-order chi connectivity index (χ1) is 10.2. The molecule has 0 saturated carbocycles. The highest BCUT2D eigenvalue weighted by Gasteiger charge is 2.24. The van der Waals surface area contributed by atoms with Crippen LogP contribution < -0.4 is 4.74 Å². The fourth-order valence-electron chi connectivity index (χ4n) is 2.20. The van der Waals surface area contributed by atoms with Crippen LogP contribution in [0, 0.1) is 0 Å². The minimum atomic E-state index is -0.175. The second-order valence-corrected chi connectivity index (χ2v) is 4.80. The van der Waals surface area contributed by atoms with E-state index in [0.717, 1.165) is 12.2 Å². The maximum Gasteiger partial charge on any atom is 0.233 e. The van der Waals surface area contributed by atoms with Gasteiger partial charge in [-0.05, 0) is 13.1 Å². The fraction of sp³-hybridized carbons (Fsp3) is 0.429. The maximum absolute atomic E-state index is 11.2. The van der Waals surface area contributed by atoms with Gasteiger partial charge in [-0.25, -0.2) is 9.75 Å². The Bertz CT molecular complexity index is 526. The van der Waals surface area contributed by atoms with Crippen LogP contribution in [0.1, 0.15) is 0 Å². The molecule has 0 bridgehead atoms. The largest absolute Gasteiger partial charge is 0.493 e. The third kappa shape index (κ3) is 3.71. The van der Waals surface area contributed by atoms with Gasteiger partial charge >= 0.3 is 0 Å². The molecule has 1 aromatic heterocycles. The average molecular weight is 292 g/mol. The van der Waals surface area contributed by atoms with Gasteiger partial charge in [-0.2, -0.15) is 5.10 Å². The molecule has 7 heteroatoms. The quantitative estimate of drug-likeness (QED) is 0.419. The lowest BCUT2D eigenvalue weighted by molar-refractivity contribution is -0.177. The van der Waals surface area contributed by atoms with Gasteiger partial charge in [-0.1, -0.05) is 6.08 Å². The zero-order valence-electron chi connectivity index (χ0n) is 12.3. The zero-order valence-corrected chi connectivity index (χ0v) is 12.3. The summed E-state index contributed by atoms with van der Waals surface area (Å²) in [5, 5.41) is 5.56. The second kappa shape index (κ2) is 7.05. The minimum absolute atomic E-state index is 0.175. The molecule has 1 amide bonds. The predicted molar refractivity (Wildman–Crippen MR) is 78.4 cm³/mol. The van der Waals surface area contributed by atoms with Crippen molar-refractivity contribution < 1.29 is 14.4 Å². The van der Waals surface area contributed by atoms with Crippen molar-refractivity contribution in [3.63, 3.8) is 0 Å². The van der Waals surface area contributed by atoms with Gasteiger partial charge in [-0.15, -0.1) is 6.58 Å². The second-order valence-electron chi connectivity index (χ2n) is 4.80. The summed E-state index contributed by atoms with van der Waals surface area (Å²) in [4.78, 5) is 18.6. The van der Waals surface area contributed by atoms with Crippen molar-refractivity contribution in [1.29, 1.82) is 0 Å². The number of ether oxygens (including phenoxy) is 1. The standard InChI is InChI=1S/C14H20N4O3/c1-4-5-21-18(11-19)13-6-12(8-16(2)9-13)17-10-14(20-3)7-15-17/h4,6-7,10-11,13H,1,5,8-9H2,2-3H3. The Balaban J connectivity index is 2.19. The topological polar surface area (TPSA) is 59.8 Å². The molecule has 7 nitrogen and oxygen atoms in total. The molecule has 0 fully saturated rings. The van der Waals surface area contributed by atoms with E-state index in [9.17, 15) is 4.79 Å². The minimum Gasteiger partial charge on any atom is -0.493 e. The molecule has 0 spiro atoms. The lowest BCUT2D eigenvalue weighted by Gasteiger charge is -2.33. The Morgan fingerprint density at radius 2 is 2.43 bits per heavy atom. The van der Waals surface area contributed by atoms with Gasteiger partial charge in [0.1, 0.15) is 0 Å². The molecule has 0 saturated heterocycles. The fourth-order valence-corrected chi connectivity index (χ4v) is 2.20. The molecular weight excluding hydrogens is 272 g/mol. The molecule has 1 unspecified atom stereocenters. The van der Waals surface area contributed by atoms with Gasteiger partial charge in [-0.3, -0.25) is 14.5 Å². The molecule has 21 heavy (non-hydrogen) atoms. The van der Waals surface area contributed by atoms with Crippen LogP contribution in [-0.2, 0) is 9.63 Å². The van der Waals surface area contributed by atoms with E-state index in [2.05, 4.69) is 16.6 Å². The summed E-state index contributed by atoms with van der Waals surface area (Å²) >= 11 is 0. The Hall–Kier alpha value is -2.12. The highest BCUT2D eigenvalue weighted by Crippen LogP contribution is 2.19. The number of likely N-dealkylation sites (N-methyl/N-ethyl adjacent to an activating group) is 1. The third-order valence-corrected chi connectivity index (χ3v) is 3.18. The molecular formula is C14H20N4O3. The highest BCUT2D eigenvalue weighted by atomic mass is 16.7. The van der Waals surface area contributed by atoms with Crippen LogP contribution in [0.2, 0.25) is 0 Å². The van der Waals surface area contributed by atoms with Gasteiger partial charge in [0, 0.05) is 13.1 Å². The van der Waals surface area contributed by atoms with E-state index in [-0.39, 0.29) is 12.6 Å². The molecule has 0 aliphatic carbocycles. The van der Waals surface area contributed by atoms with Gasteiger partial charge in [0.2, 0.25) is 6.41 Å². The summed E-state index contributed by atoms with van der Waals surface area (Å²) in [5.74, 6) is 0.691. The molecule has 2 heterocycles. The summed E-state index contributed by atoms with van der Waals surface area (Å²) in [6.45, 7) is 5.29. The van der Waals surface area contributed by atoms with Gasteiger partial charge in [0.15, 0.2) is 5.75 Å². The zero-order chi connectivity index (χ0) is 15.2. The molecule has 1 aliphatic rings. The first-order valence-corrected chi connectivity index (χ1v) is 6.63. The van der Waals surface area contributed by atoms with Gasteiger partial charge in [0.25, 0.3) is 0 Å². The molecule has 0 N–H and O–H groups in total. The van der Waals surface area contributed by atoms with Crippen LogP contribution in [0.5, 0.6) is 5.75 Å². The van der Waals surface area contributed by atoms with Crippen molar-refractivity contribution >= 4 is 12.1 Å².